The minimum atomic E-state index is 0.684. The molecular weight excluding hydrogens is 188 g/mol. The van der Waals surface area contributed by atoms with Gasteiger partial charge in [0.15, 0.2) is 0 Å². The van der Waals surface area contributed by atoms with Crippen LogP contribution in [0, 0.1) is 13.8 Å². The van der Waals surface area contributed by atoms with E-state index in [0.29, 0.717) is 5.82 Å². The second-order valence-corrected chi connectivity index (χ2v) is 3.64. The fraction of sp³-hybridized carbons (Fsp3) is 0.273. The molecule has 0 aliphatic carbocycles. The lowest BCUT2D eigenvalue weighted by atomic mass is 10.1. The zero-order chi connectivity index (χ0) is 11.0. The van der Waals surface area contributed by atoms with E-state index in [-0.39, 0.29) is 0 Å². The predicted octanol–water partition coefficient (Wildman–Crippen LogP) is 1.68. The van der Waals surface area contributed by atoms with Crippen LogP contribution < -0.4 is 5.73 Å². The summed E-state index contributed by atoms with van der Waals surface area (Å²) < 4.78 is 1.88. The number of nitrogens with zero attached hydrogens (tertiary/aromatic N) is 3. The van der Waals surface area contributed by atoms with Crippen LogP contribution in [0.2, 0.25) is 0 Å². The van der Waals surface area contributed by atoms with Gasteiger partial charge in [-0.15, -0.1) is 0 Å². The first-order valence-electron chi connectivity index (χ1n) is 4.81. The van der Waals surface area contributed by atoms with Crippen molar-refractivity contribution < 1.29 is 0 Å². The van der Waals surface area contributed by atoms with Gasteiger partial charge >= 0.3 is 0 Å². The zero-order valence-electron chi connectivity index (χ0n) is 9.15. The summed E-state index contributed by atoms with van der Waals surface area (Å²) in [5.41, 5.74) is 8.93. The Morgan fingerprint density at radius 1 is 1.33 bits per heavy atom. The van der Waals surface area contributed by atoms with Crippen LogP contribution in [-0.2, 0) is 7.05 Å². The van der Waals surface area contributed by atoms with Crippen molar-refractivity contribution in [3.63, 3.8) is 0 Å². The largest absolute Gasteiger partial charge is 0.383 e. The van der Waals surface area contributed by atoms with Crippen molar-refractivity contribution in [2.24, 2.45) is 7.05 Å². The summed E-state index contributed by atoms with van der Waals surface area (Å²) in [6.07, 6.45) is 3.57. The second-order valence-electron chi connectivity index (χ2n) is 3.64. The van der Waals surface area contributed by atoms with Crippen LogP contribution in [0.3, 0.4) is 0 Å². The van der Waals surface area contributed by atoms with Gasteiger partial charge in [-0.25, -0.2) is 4.98 Å². The molecule has 0 fully saturated rings. The van der Waals surface area contributed by atoms with E-state index in [0.717, 1.165) is 22.6 Å². The molecule has 0 saturated heterocycles. The highest BCUT2D eigenvalue weighted by molar-refractivity contribution is 5.72. The van der Waals surface area contributed by atoms with E-state index in [1.165, 1.54) is 0 Å². The molecule has 0 unspecified atom stereocenters. The maximum atomic E-state index is 5.98. The Morgan fingerprint density at radius 3 is 2.60 bits per heavy atom. The Kier molecular flexibility index (Phi) is 2.19. The quantitative estimate of drug-likeness (QED) is 0.765. The molecule has 0 aromatic carbocycles. The smallest absolute Gasteiger partial charge is 0.131 e. The molecule has 2 N–H and O–H groups in total. The van der Waals surface area contributed by atoms with Gasteiger partial charge in [-0.3, -0.25) is 4.98 Å². The summed E-state index contributed by atoms with van der Waals surface area (Å²) in [5, 5.41) is 0. The lowest BCUT2D eigenvalue weighted by Crippen LogP contribution is -1.98. The molecule has 2 aromatic rings. The predicted molar refractivity (Wildman–Crippen MR) is 60.3 cm³/mol. The number of aromatic nitrogens is 3. The average molecular weight is 202 g/mol. The number of pyridine rings is 1. The minimum absolute atomic E-state index is 0.684. The molecule has 0 amide bonds. The lowest BCUT2D eigenvalue weighted by Gasteiger charge is -2.02. The van der Waals surface area contributed by atoms with E-state index in [9.17, 15) is 0 Å². The molecule has 0 atom stereocenters. The standard InChI is InChI=1S/C11H14N4/c1-7-4-5-13-6-9(7)10-11(12)15(3)8(2)14-10/h4-6H,12H2,1-3H3. The summed E-state index contributed by atoms with van der Waals surface area (Å²) in [6, 6.07) is 1.96. The molecule has 2 heterocycles. The molecule has 78 valence electrons. The van der Waals surface area contributed by atoms with Gasteiger partial charge in [-0.2, -0.15) is 0 Å². The van der Waals surface area contributed by atoms with Crippen LogP contribution in [-0.4, -0.2) is 14.5 Å². The second kappa shape index (κ2) is 3.38. The highest BCUT2D eigenvalue weighted by atomic mass is 15.1. The zero-order valence-corrected chi connectivity index (χ0v) is 9.15. The number of imidazole rings is 1. The Hall–Kier alpha value is -1.84. The van der Waals surface area contributed by atoms with E-state index in [1.54, 1.807) is 12.4 Å². The number of hydrogen-bond donors (Lipinski definition) is 1. The fourth-order valence-corrected chi connectivity index (χ4v) is 1.54. The van der Waals surface area contributed by atoms with Crippen LogP contribution in [0.15, 0.2) is 18.5 Å². The van der Waals surface area contributed by atoms with Gasteiger partial charge in [0, 0.05) is 25.0 Å². The number of nitrogens with two attached hydrogens (primary N) is 1. The van der Waals surface area contributed by atoms with Gasteiger partial charge in [0.05, 0.1) is 0 Å². The van der Waals surface area contributed by atoms with Crippen molar-refractivity contribution in [1.82, 2.24) is 14.5 Å². The van der Waals surface area contributed by atoms with E-state index >= 15 is 0 Å². The highest BCUT2D eigenvalue weighted by Gasteiger charge is 2.12. The van der Waals surface area contributed by atoms with Crippen LogP contribution >= 0.6 is 0 Å². The molecule has 2 rings (SSSR count). The van der Waals surface area contributed by atoms with Crippen molar-refractivity contribution in [2.45, 2.75) is 13.8 Å². The third-order valence-corrected chi connectivity index (χ3v) is 2.66. The van der Waals surface area contributed by atoms with Gasteiger partial charge in [0.2, 0.25) is 0 Å². The van der Waals surface area contributed by atoms with Crippen molar-refractivity contribution in [2.75, 3.05) is 5.73 Å². The minimum Gasteiger partial charge on any atom is -0.383 e. The number of nitrogen functional groups attached to an aromatic ring is 1. The molecule has 0 aliphatic rings. The molecule has 4 heteroatoms. The molecule has 2 aromatic heterocycles. The molecule has 0 aliphatic heterocycles. The Morgan fingerprint density at radius 2 is 2.07 bits per heavy atom. The monoisotopic (exact) mass is 202 g/mol. The van der Waals surface area contributed by atoms with Gasteiger partial charge < -0.3 is 10.3 Å². The van der Waals surface area contributed by atoms with Crippen molar-refractivity contribution >= 4 is 5.82 Å². The van der Waals surface area contributed by atoms with E-state index in [2.05, 4.69) is 9.97 Å². The molecular formula is C11H14N4. The summed E-state index contributed by atoms with van der Waals surface area (Å²) in [5.74, 6) is 1.59. The van der Waals surface area contributed by atoms with Crippen LogP contribution in [0.25, 0.3) is 11.3 Å². The molecule has 0 spiro atoms. The maximum Gasteiger partial charge on any atom is 0.131 e. The van der Waals surface area contributed by atoms with Crippen molar-refractivity contribution in [3.05, 3.63) is 29.8 Å². The van der Waals surface area contributed by atoms with Gasteiger partial charge in [-0.05, 0) is 25.5 Å². The topological polar surface area (TPSA) is 56.7 Å². The number of anilines is 1. The molecule has 4 nitrogen and oxygen atoms in total. The van der Waals surface area contributed by atoms with E-state index < -0.39 is 0 Å². The normalized spacial score (nSPS) is 10.6. The van der Waals surface area contributed by atoms with E-state index in [4.69, 9.17) is 5.73 Å². The van der Waals surface area contributed by atoms with E-state index in [1.807, 2.05) is 31.5 Å². The molecule has 0 saturated carbocycles. The summed E-state index contributed by atoms with van der Waals surface area (Å²) in [4.78, 5) is 8.54. The summed E-state index contributed by atoms with van der Waals surface area (Å²) >= 11 is 0. The fourth-order valence-electron chi connectivity index (χ4n) is 1.54. The first-order valence-corrected chi connectivity index (χ1v) is 4.81. The Labute approximate surface area is 88.8 Å². The van der Waals surface area contributed by atoms with Gasteiger partial charge in [-0.1, -0.05) is 0 Å². The van der Waals surface area contributed by atoms with Crippen molar-refractivity contribution in [3.8, 4) is 11.3 Å². The van der Waals surface area contributed by atoms with Crippen LogP contribution in [0.1, 0.15) is 11.4 Å². The van der Waals surface area contributed by atoms with Crippen LogP contribution in [0.5, 0.6) is 0 Å². The number of aryl methyl sites for hydroxylation is 2. The SMILES string of the molecule is Cc1ccncc1-c1nc(C)n(C)c1N. The maximum absolute atomic E-state index is 5.98. The van der Waals surface area contributed by atoms with Crippen molar-refractivity contribution in [1.29, 1.82) is 0 Å². The number of rotatable bonds is 1. The first-order chi connectivity index (χ1) is 7.11. The third kappa shape index (κ3) is 1.48. The van der Waals surface area contributed by atoms with Gasteiger partial charge in [0.1, 0.15) is 17.3 Å². The summed E-state index contributed by atoms with van der Waals surface area (Å²) in [7, 11) is 1.91. The van der Waals surface area contributed by atoms with Crippen LogP contribution in [0.4, 0.5) is 5.82 Å². The Bertz CT molecular complexity index is 499. The highest BCUT2D eigenvalue weighted by Crippen LogP contribution is 2.26. The molecule has 15 heavy (non-hydrogen) atoms. The average Bonchev–Trinajstić information content (AvgIpc) is 2.47. The first kappa shape index (κ1) is 9.71. The lowest BCUT2D eigenvalue weighted by molar-refractivity contribution is 0.868. The van der Waals surface area contributed by atoms with Gasteiger partial charge in [0.25, 0.3) is 0 Å². The molecule has 0 radical (unpaired) electrons. The number of hydrogen-bond acceptors (Lipinski definition) is 3. The summed E-state index contributed by atoms with van der Waals surface area (Å²) in [6.45, 7) is 3.96. The Balaban J connectivity index is 2.65. The third-order valence-electron chi connectivity index (χ3n) is 2.66. The molecule has 0 bridgehead atoms.